The number of aromatic nitrogens is 3. The molecule has 126 valence electrons. The van der Waals surface area contributed by atoms with Gasteiger partial charge >= 0.3 is 5.97 Å². The van der Waals surface area contributed by atoms with Crippen molar-refractivity contribution in [2.45, 2.75) is 0 Å². The maximum absolute atomic E-state index is 13.2. The molecule has 7 nitrogen and oxygen atoms in total. The lowest BCUT2D eigenvalue weighted by molar-refractivity contribution is 0.0696. The topological polar surface area (TPSA) is 114 Å². The highest BCUT2D eigenvalue weighted by atomic mass is 35.5. The molecule has 0 saturated heterocycles. The minimum absolute atomic E-state index is 0.0278. The highest BCUT2D eigenvalue weighted by Crippen LogP contribution is 2.26. The molecule has 0 spiro atoms. The van der Waals surface area contributed by atoms with E-state index in [4.69, 9.17) is 22.4 Å². The summed E-state index contributed by atoms with van der Waals surface area (Å²) in [5, 5.41) is 11.8. The van der Waals surface area contributed by atoms with E-state index in [1.807, 2.05) is 0 Å². The molecular weight excluding hydrogens is 349 g/mol. The Kier molecular flexibility index (Phi) is 4.44. The van der Waals surface area contributed by atoms with Crippen LogP contribution < -0.4 is 11.1 Å². The monoisotopic (exact) mass is 359 g/mol. The zero-order valence-corrected chi connectivity index (χ0v) is 13.3. The van der Waals surface area contributed by atoms with E-state index in [1.165, 1.54) is 42.9 Å². The summed E-state index contributed by atoms with van der Waals surface area (Å²) in [6.45, 7) is 0. The number of pyridine rings is 1. The Labute approximate surface area is 146 Å². The van der Waals surface area contributed by atoms with Crippen molar-refractivity contribution < 1.29 is 14.3 Å². The van der Waals surface area contributed by atoms with Crippen molar-refractivity contribution in [2.75, 3.05) is 11.1 Å². The van der Waals surface area contributed by atoms with E-state index in [1.54, 1.807) is 0 Å². The Hall–Kier alpha value is -3.26. The van der Waals surface area contributed by atoms with Crippen LogP contribution in [0.5, 0.6) is 0 Å². The molecule has 0 atom stereocenters. The van der Waals surface area contributed by atoms with Crippen molar-refractivity contribution in [3.8, 4) is 11.1 Å². The van der Waals surface area contributed by atoms with E-state index in [0.29, 0.717) is 16.8 Å². The van der Waals surface area contributed by atoms with Crippen LogP contribution in [0.4, 0.5) is 21.8 Å². The number of rotatable bonds is 4. The van der Waals surface area contributed by atoms with Gasteiger partial charge in [0.1, 0.15) is 11.6 Å². The van der Waals surface area contributed by atoms with Crippen LogP contribution in [0, 0.1) is 5.82 Å². The SMILES string of the molecule is Nc1nc(Nc2ccc(F)c(Cl)c2)ncc1-c1cncc(C(=O)O)c1. The maximum atomic E-state index is 13.2. The number of nitrogens with two attached hydrogens (primary N) is 1. The van der Waals surface area contributed by atoms with Gasteiger partial charge in [-0.3, -0.25) is 4.98 Å². The van der Waals surface area contributed by atoms with E-state index >= 15 is 0 Å². The lowest BCUT2D eigenvalue weighted by Gasteiger charge is -2.09. The van der Waals surface area contributed by atoms with Crippen LogP contribution in [-0.2, 0) is 0 Å². The number of carbonyl (C=O) groups is 1. The Morgan fingerprint density at radius 2 is 2.04 bits per heavy atom. The van der Waals surface area contributed by atoms with Crippen molar-refractivity contribution in [2.24, 2.45) is 0 Å². The van der Waals surface area contributed by atoms with Gasteiger partial charge in [-0.2, -0.15) is 4.98 Å². The Bertz CT molecular complexity index is 967. The second-order valence-electron chi connectivity index (χ2n) is 5.01. The Morgan fingerprint density at radius 3 is 2.72 bits per heavy atom. The number of aromatic carboxylic acids is 1. The lowest BCUT2D eigenvalue weighted by Crippen LogP contribution is -2.03. The van der Waals surface area contributed by atoms with Crippen molar-refractivity contribution in [1.29, 1.82) is 0 Å². The molecule has 0 fully saturated rings. The molecule has 1 aromatic carbocycles. The minimum Gasteiger partial charge on any atom is -0.478 e. The largest absolute Gasteiger partial charge is 0.478 e. The summed E-state index contributed by atoms with van der Waals surface area (Å²) < 4.78 is 13.2. The fourth-order valence-corrected chi connectivity index (χ4v) is 2.27. The molecule has 0 aliphatic heterocycles. The average molecular weight is 360 g/mol. The quantitative estimate of drug-likeness (QED) is 0.654. The molecule has 0 aliphatic rings. The average Bonchev–Trinajstić information content (AvgIpc) is 2.58. The first-order valence-corrected chi connectivity index (χ1v) is 7.35. The molecule has 25 heavy (non-hydrogen) atoms. The minimum atomic E-state index is -1.10. The summed E-state index contributed by atoms with van der Waals surface area (Å²) >= 11 is 5.72. The maximum Gasteiger partial charge on any atom is 0.337 e. The van der Waals surface area contributed by atoms with Gasteiger partial charge in [0.25, 0.3) is 0 Å². The van der Waals surface area contributed by atoms with Crippen LogP contribution in [0.1, 0.15) is 10.4 Å². The summed E-state index contributed by atoms with van der Waals surface area (Å²) in [4.78, 5) is 23.1. The van der Waals surface area contributed by atoms with Gasteiger partial charge in [-0.05, 0) is 24.3 Å². The molecule has 0 radical (unpaired) electrons. The number of benzene rings is 1. The van der Waals surface area contributed by atoms with Crippen molar-refractivity contribution in [3.05, 3.63) is 59.3 Å². The summed E-state index contributed by atoms with van der Waals surface area (Å²) in [5.74, 6) is -1.31. The Balaban J connectivity index is 1.89. The van der Waals surface area contributed by atoms with Gasteiger partial charge < -0.3 is 16.2 Å². The predicted octanol–water partition coefficient (Wildman–Crippen LogP) is 3.36. The molecule has 4 N–H and O–H groups in total. The first kappa shape index (κ1) is 16.6. The molecule has 0 amide bonds. The van der Waals surface area contributed by atoms with Crippen LogP contribution in [0.25, 0.3) is 11.1 Å². The van der Waals surface area contributed by atoms with Crippen LogP contribution in [-0.4, -0.2) is 26.0 Å². The zero-order chi connectivity index (χ0) is 18.0. The second-order valence-corrected chi connectivity index (χ2v) is 5.42. The first-order valence-electron chi connectivity index (χ1n) is 6.97. The first-order chi connectivity index (χ1) is 11.9. The fraction of sp³-hybridized carbons (Fsp3) is 0. The normalized spacial score (nSPS) is 10.5. The molecule has 2 heterocycles. The fourth-order valence-electron chi connectivity index (χ4n) is 2.08. The van der Waals surface area contributed by atoms with E-state index < -0.39 is 11.8 Å². The van der Waals surface area contributed by atoms with Crippen molar-refractivity contribution >= 4 is 35.0 Å². The van der Waals surface area contributed by atoms with E-state index in [-0.39, 0.29) is 22.4 Å². The molecule has 0 unspecified atom stereocenters. The van der Waals surface area contributed by atoms with E-state index in [0.717, 1.165) is 0 Å². The van der Waals surface area contributed by atoms with Gasteiger partial charge in [-0.25, -0.2) is 14.2 Å². The zero-order valence-electron chi connectivity index (χ0n) is 12.6. The molecule has 3 aromatic rings. The number of halogens is 2. The van der Waals surface area contributed by atoms with E-state index in [2.05, 4.69) is 20.3 Å². The van der Waals surface area contributed by atoms with Gasteiger partial charge in [0.15, 0.2) is 0 Å². The standard InChI is InChI=1S/C16H11ClFN5O2/c17-12-4-10(1-2-13(12)18)22-16-21-7-11(14(19)23-16)8-3-9(15(24)25)6-20-5-8/h1-7H,(H,24,25)(H3,19,21,22,23). The number of nitrogens with one attached hydrogen (secondary N) is 1. The van der Waals surface area contributed by atoms with Gasteiger partial charge in [-0.15, -0.1) is 0 Å². The number of nitrogen functional groups attached to an aromatic ring is 1. The highest BCUT2D eigenvalue weighted by molar-refractivity contribution is 6.31. The number of anilines is 3. The van der Waals surface area contributed by atoms with Crippen molar-refractivity contribution in [1.82, 2.24) is 15.0 Å². The van der Waals surface area contributed by atoms with Crippen LogP contribution >= 0.6 is 11.6 Å². The summed E-state index contributed by atoms with van der Waals surface area (Å²) in [5.41, 5.74) is 7.38. The van der Waals surface area contributed by atoms with Gasteiger partial charge in [-0.1, -0.05) is 11.6 Å². The summed E-state index contributed by atoms with van der Waals surface area (Å²) in [6.07, 6.45) is 4.14. The molecule has 0 saturated carbocycles. The number of carboxylic acids is 1. The van der Waals surface area contributed by atoms with Crippen LogP contribution in [0.2, 0.25) is 5.02 Å². The summed E-state index contributed by atoms with van der Waals surface area (Å²) in [7, 11) is 0. The van der Waals surface area contributed by atoms with Gasteiger partial charge in [0.2, 0.25) is 5.95 Å². The highest BCUT2D eigenvalue weighted by Gasteiger charge is 2.11. The van der Waals surface area contributed by atoms with Gasteiger partial charge in [0, 0.05) is 35.4 Å². The molecule has 9 heteroatoms. The third kappa shape index (κ3) is 3.64. The molecule has 3 rings (SSSR count). The third-order valence-corrected chi connectivity index (χ3v) is 3.58. The number of hydrogen-bond acceptors (Lipinski definition) is 6. The van der Waals surface area contributed by atoms with Crippen LogP contribution in [0.15, 0.2) is 42.9 Å². The number of nitrogens with zero attached hydrogens (tertiary/aromatic N) is 3. The molecular formula is C16H11ClFN5O2. The van der Waals surface area contributed by atoms with E-state index in [9.17, 15) is 9.18 Å². The Morgan fingerprint density at radius 1 is 1.24 bits per heavy atom. The summed E-state index contributed by atoms with van der Waals surface area (Å²) in [6, 6.07) is 5.52. The number of hydrogen-bond donors (Lipinski definition) is 3. The molecule has 0 aliphatic carbocycles. The third-order valence-electron chi connectivity index (χ3n) is 3.29. The lowest BCUT2D eigenvalue weighted by atomic mass is 10.1. The second kappa shape index (κ2) is 6.70. The van der Waals surface area contributed by atoms with Crippen molar-refractivity contribution in [3.63, 3.8) is 0 Å². The number of carboxylic acid groups (broad SMARTS) is 1. The smallest absolute Gasteiger partial charge is 0.337 e. The van der Waals surface area contributed by atoms with Gasteiger partial charge in [0.05, 0.1) is 10.6 Å². The molecule has 2 aromatic heterocycles. The molecule has 0 bridgehead atoms. The van der Waals surface area contributed by atoms with Crippen LogP contribution in [0.3, 0.4) is 0 Å². The predicted molar refractivity (Wildman–Crippen MR) is 91.3 cm³/mol.